The SMILES string of the molecule is COC1CCN(C(=O)C(C)(C)C(N)=NO)C1. The van der Waals surface area contributed by atoms with Crippen LogP contribution in [0.3, 0.4) is 0 Å². The molecule has 6 nitrogen and oxygen atoms in total. The molecule has 0 saturated carbocycles. The smallest absolute Gasteiger partial charge is 0.236 e. The van der Waals surface area contributed by atoms with Crippen molar-refractivity contribution in [3.8, 4) is 0 Å². The van der Waals surface area contributed by atoms with Crippen LogP contribution in [-0.2, 0) is 9.53 Å². The quantitative estimate of drug-likeness (QED) is 0.309. The zero-order valence-electron chi connectivity index (χ0n) is 9.93. The van der Waals surface area contributed by atoms with Gasteiger partial charge in [0.15, 0.2) is 5.84 Å². The van der Waals surface area contributed by atoms with Crippen molar-refractivity contribution in [2.45, 2.75) is 26.4 Å². The Hall–Kier alpha value is -1.30. The van der Waals surface area contributed by atoms with Crippen LogP contribution in [0, 0.1) is 5.41 Å². The molecule has 1 aliphatic heterocycles. The normalized spacial score (nSPS) is 22.6. The van der Waals surface area contributed by atoms with E-state index in [9.17, 15) is 4.79 Å². The molecule has 0 aromatic heterocycles. The van der Waals surface area contributed by atoms with E-state index >= 15 is 0 Å². The minimum atomic E-state index is -0.975. The summed E-state index contributed by atoms with van der Waals surface area (Å²) < 4.78 is 5.19. The highest BCUT2D eigenvalue weighted by Crippen LogP contribution is 2.23. The molecular formula is C10H19N3O3. The summed E-state index contributed by atoms with van der Waals surface area (Å²) in [6, 6.07) is 0. The van der Waals surface area contributed by atoms with Gasteiger partial charge in [0.25, 0.3) is 0 Å². The van der Waals surface area contributed by atoms with Crippen molar-refractivity contribution in [1.29, 1.82) is 0 Å². The fraction of sp³-hybridized carbons (Fsp3) is 0.800. The van der Waals surface area contributed by atoms with Crippen molar-refractivity contribution >= 4 is 11.7 Å². The van der Waals surface area contributed by atoms with Gasteiger partial charge in [0, 0.05) is 20.2 Å². The molecule has 1 rings (SSSR count). The van der Waals surface area contributed by atoms with Gasteiger partial charge in [-0.1, -0.05) is 5.16 Å². The fourth-order valence-electron chi connectivity index (χ4n) is 1.73. The molecule has 6 heteroatoms. The molecule has 1 fully saturated rings. The van der Waals surface area contributed by atoms with Crippen molar-refractivity contribution < 1.29 is 14.7 Å². The first-order valence-corrected chi connectivity index (χ1v) is 5.23. The molecule has 1 heterocycles. The molecule has 1 amide bonds. The molecule has 1 unspecified atom stereocenters. The number of ether oxygens (including phenoxy) is 1. The lowest BCUT2D eigenvalue weighted by molar-refractivity contribution is -0.136. The van der Waals surface area contributed by atoms with E-state index in [1.54, 1.807) is 25.9 Å². The van der Waals surface area contributed by atoms with Gasteiger partial charge in [-0.05, 0) is 20.3 Å². The number of likely N-dealkylation sites (tertiary alicyclic amines) is 1. The second kappa shape index (κ2) is 4.69. The Labute approximate surface area is 95.0 Å². The maximum atomic E-state index is 12.1. The van der Waals surface area contributed by atoms with Crippen molar-refractivity contribution in [3.05, 3.63) is 0 Å². The molecule has 0 bridgehead atoms. The van der Waals surface area contributed by atoms with Gasteiger partial charge in [0.2, 0.25) is 5.91 Å². The van der Waals surface area contributed by atoms with Crippen LogP contribution in [-0.4, -0.2) is 48.2 Å². The first-order valence-electron chi connectivity index (χ1n) is 5.23. The van der Waals surface area contributed by atoms with Gasteiger partial charge < -0.3 is 20.6 Å². The Morgan fingerprint density at radius 1 is 1.62 bits per heavy atom. The Morgan fingerprint density at radius 3 is 2.69 bits per heavy atom. The van der Waals surface area contributed by atoms with Gasteiger partial charge in [-0.25, -0.2) is 0 Å². The number of carbonyl (C=O) groups is 1. The number of rotatable bonds is 3. The number of oxime groups is 1. The Morgan fingerprint density at radius 2 is 2.25 bits per heavy atom. The van der Waals surface area contributed by atoms with Crippen molar-refractivity contribution in [2.24, 2.45) is 16.3 Å². The van der Waals surface area contributed by atoms with Crippen molar-refractivity contribution in [3.63, 3.8) is 0 Å². The summed E-state index contributed by atoms with van der Waals surface area (Å²) >= 11 is 0. The molecule has 0 aliphatic carbocycles. The van der Waals surface area contributed by atoms with E-state index in [1.165, 1.54) is 0 Å². The van der Waals surface area contributed by atoms with Gasteiger partial charge in [0.1, 0.15) is 5.41 Å². The number of nitrogens with zero attached hydrogens (tertiary/aromatic N) is 2. The first-order chi connectivity index (χ1) is 7.43. The molecule has 16 heavy (non-hydrogen) atoms. The predicted molar refractivity (Wildman–Crippen MR) is 59.2 cm³/mol. The molecule has 0 aromatic carbocycles. The number of amides is 1. The summed E-state index contributed by atoms with van der Waals surface area (Å²) in [5.41, 5.74) is 4.53. The van der Waals surface area contributed by atoms with E-state index in [0.29, 0.717) is 13.1 Å². The molecule has 0 radical (unpaired) electrons. The van der Waals surface area contributed by atoms with Gasteiger partial charge in [-0.15, -0.1) is 0 Å². The first kappa shape index (κ1) is 12.8. The minimum Gasteiger partial charge on any atom is -0.409 e. The molecule has 1 aliphatic rings. The van der Waals surface area contributed by atoms with E-state index in [-0.39, 0.29) is 17.8 Å². The molecule has 0 spiro atoms. The summed E-state index contributed by atoms with van der Waals surface area (Å²) in [5.74, 6) is -0.208. The van der Waals surface area contributed by atoms with Crippen LogP contribution in [0.2, 0.25) is 0 Å². The third-order valence-corrected chi connectivity index (χ3v) is 3.05. The lowest BCUT2D eigenvalue weighted by atomic mass is 9.90. The van der Waals surface area contributed by atoms with Crippen LogP contribution < -0.4 is 5.73 Å². The van der Waals surface area contributed by atoms with E-state index < -0.39 is 5.41 Å². The Balaban J connectivity index is 2.72. The van der Waals surface area contributed by atoms with Crippen molar-refractivity contribution in [1.82, 2.24) is 4.90 Å². The van der Waals surface area contributed by atoms with Crippen LogP contribution in [0.1, 0.15) is 20.3 Å². The van der Waals surface area contributed by atoms with Crippen LogP contribution >= 0.6 is 0 Å². The van der Waals surface area contributed by atoms with Gasteiger partial charge in [0.05, 0.1) is 6.10 Å². The van der Waals surface area contributed by atoms with Crippen LogP contribution in [0.4, 0.5) is 0 Å². The lowest BCUT2D eigenvalue weighted by Crippen LogP contribution is -2.47. The molecule has 3 N–H and O–H groups in total. The summed E-state index contributed by atoms with van der Waals surface area (Å²) in [6.45, 7) is 4.51. The van der Waals surface area contributed by atoms with Crippen LogP contribution in [0.25, 0.3) is 0 Å². The van der Waals surface area contributed by atoms with Gasteiger partial charge in [-0.2, -0.15) is 0 Å². The van der Waals surface area contributed by atoms with Gasteiger partial charge >= 0.3 is 0 Å². The highest BCUT2D eigenvalue weighted by molar-refractivity contribution is 6.05. The van der Waals surface area contributed by atoms with Crippen molar-refractivity contribution in [2.75, 3.05) is 20.2 Å². The van der Waals surface area contributed by atoms with Crippen LogP contribution in [0.5, 0.6) is 0 Å². The summed E-state index contributed by atoms with van der Waals surface area (Å²) in [5, 5.41) is 11.5. The maximum absolute atomic E-state index is 12.1. The zero-order chi connectivity index (χ0) is 12.3. The maximum Gasteiger partial charge on any atom is 0.236 e. The topological polar surface area (TPSA) is 88.2 Å². The minimum absolute atomic E-state index is 0.0710. The van der Waals surface area contributed by atoms with Crippen LogP contribution in [0.15, 0.2) is 5.16 Å². The molecule has 92 valence electrons. The number of hydrogen-bond acceptors (Lipinski definition) is 4. The zero-order valence-corrected chi connectivity index (χ0v) is 9.93. The second-order valence-corrected chi connectivity index (χ2v) is 4.51. The van der Waals surface area contributed by atoms with E-state index in [4.69, 9.17) is 15.7 Å². The second-order valence-electron chi connectivity index (χ2n) is 4.51. The average Bonchev–Trinajstić information content (AvgIpc) is 2.75. The Bertz CT molecular complexity index is 302. The van der Waals surface area contributed by atoms with E-state index in [2.05, 4.69) is 5.16 Å². The summed E-state index contributed by atoms with van der Waals surface area (Å²) in [4.78, 5) is 13.8. The molecule has 1 atom stereocenters. The number of methoxy groups -OCH3 is 1. The third-order valence-electron chi connectivity index (χ3n) is 3.05. The molecule has 0 aromatic rings. The summed E-state index contributed by atoms with van der Waals surface area (Å²) in [6.07, 6.45) is 0.918. The average molecular weight is 229 g/mol. The number of nitrogens with two attached hydrogens (primary N) is 1. The fourth-order valence-corrected chi connectivity index (χ4v) is 1.73. The predicted octanol–water partition coefficient (Wildman–Crippen LogP) is 0.00630. The Kier molecular flexibility index (Phi) is 3.74. The third kappa shape index (κ3) is 2.27. The molecular weight excluding hydrogens is 210 g/mol. The standard InChI is InChI=1S/C10H19N3O3/c1-10(2,8(11)12-15)9(14)13-5-4-7(6-13)16-3/h7,15H,4-6H2,1-3H3,(H2,11,12). The number of amidine groups is 1. The molecule has 1 saturated heterocycles. The van der Waals surface area contributed by atoms with E-state index in [1.807, 2.05) is 0 Å². The summed E-state index contributed by atoms with van der Waals surface area (Å²) in [7, 11) is 1.63. The van der Waals surface area contributed by atoms with E-state index in [0.717, 1.165) is 6.42 Å². The largest absolute Gasteiger partial charge is 0.409 e. The lowest BCUT2D eigenvalue weighted by Gasteiger charge is -2.27. The number of hydrogen-bond donors (Lipinski definition) is 2. The monoisotopic (exact) mass is 229 g/mol. The highest BCUT2D eigenvalue weighted by atomic mass is 16.5. The number of carbonyl (C=O) groups excluding carboxylic acids is 1. The highest BCUT2D eigenvalue weighted by Gasteiger charge is 2.39. The van der Waals surface area contributed by atoms with Gasteiger partial charge in [-0.3, -0.25) is 4.79 Å².